The lowest BCUT2D eigenvalue weighted by Gasteiger charge is -2.32. The van der Waals surface area contributed by atoms with Crippen molar-refractivity contribution in [1.29, 1.82) is 0 Å². The molecule has 1 atom stereocenters. The largest absolute Gasteiger partial charge is 0.373 e. The van der Waals surface area contributed by atoms with Crippen LogP contribution in [0.15, 0.2) is 18.2 Å². The number of halogens is 1. The van der Waals surface area contributed by atoms with Crippen LogP contribution in [0.3, 0.4) is 0 Å². The lowest BCUT2D eigenvalue weighted by atomic mass is 10.0. The molecule has 1 aliphatic rings. The lowest BCUT2D eigenvalue weighted by molar-refractivity contribution is -0.0108. The van der Waals surface area contributed by atoms with E-state index in [0.717, 1.165) is 16.7 Å². The van der Waals surface area contributed by atoms with Crippen LogP contribution in [0.2, 0.25) is 0 Å². The highest BCUT2D eigenvalue weighted by molar-refractivity contribution is 6.18. The Balaban J connectivity index is 2.20. The molecule has 0 aromatic heterocycles. The molecular formula is C14H18ClNO2. The van der Waals surface area contributed by atoms with E-state index in [2.05, 4.69) is 0 Å². The van der Waals surface area contributed by atoms with Gasteiger partial charge in [-0.15, -0.1) is 11.6 Å². The maximum Gasteiger partial charge on any atom is 0.254 e. The molecule has 1 saturated heterocycles. The first-order valence-corrected chi connectivity index (χ1v) is 6.70. The number of hydrogen-bond acceptors (Lipinski definition) is 2. The summed E-state index contributed by atoms with van der Waals surface area (Å²) in [5.74, 6) is 0.514. The Hall–Kier alpha value is -1.06. The van der Waals surface area contributed by atoms with Crippen molar-refractivity contribution < 1.29 is 9.53 Å². The van der Waals surface area contributed by atoms with Crippen molar-refractivity contribution in [3.05, 3.63) is 34.9 Å². The third kappa shape index (κ3) is 2.68. The van der Waals surface area contributed by atoms with Crippen molar-refractivity contribution in [1.82, 2.24) is 4.90 Å². The minimum absolute atomic E-state index is 0.0475. The molecule has 0 aliphatic carbocycles. The molecule has 18 heavy (non-hydrogen) atoms. The minimum atomic E-state index is -0.0475. The first-order valence-electron chi connectivity index (χ1n) is 6.16. The highest BCUT2D eigenvalue weighted by Gasteiger charge is 2.26. The fraction of sp³-hybridized carbons (Fsp3) is 0.500. The molecule has 1 aromatic carbocycles. The molecule has 1 aromatic rings. The Kier molecular flexibility index (Phi) is 4.25. The summed E-state index contributed by atoms with van der Waals surface area (Å²) in [6.07, 6.45) is -0.0475. The smallest absolute Gasteiger partial charge is 0.254 e. The van der Waals surface area contributed by atoms with E-state index in [1.807, 2.05) is 36.9 Å². The third-order valence-electron chi connectivity index (χ3n) is 3.29. The van der Waals surface area contributed by atoms with Gasteiger partial charge in [0.05, 0.1) is 18.6 Å². The normalized spacial score (nSPS) is 19.9. The standard InChI is InChI=1S/C14H18ClNO2/c1-10-4-3-5-11(2)13(10)14(17)16-6-7-18-12(8-15)9-16/h3-5,12H,6-9H2,1-2H3. The zero-order valence-electron chi connectivity index (χ0n) is 10.8. The predicted molar refractivity (Wildman–Crippen MR) is 72.3 cm³/mol. The first-order chi connectivity index (χ1) is 8.63. The molecule has 0 N–H and O–H groups in total. The van der Waals surface area contributed by atoms with Crippen molar-refractivity contribution in [3.63, 3.8) is 0 Å². The summed E-state index contributed by atoms with van der Waals surface area (Å²) in [7, 11) is 0. The van der Waals surface area contributed by atoms with Crippen LogP contribution in [0.4, 0.5) is 0 Å². The number of benzene rings is 1. The summed E-state index contributed by atoms with van der Waals surface area (Å²) in [5.41, 5.74) is 2.86. The summed E-state index contributed by atoms with van der Waals surface area (Å²) in [6, 6.07) is 5.92. The van der Waals surface area contributed by atoms with Gasteiger partial charge in [0.2, 0.25) is 0 Å². The Bertz CT molecular complexity index is 427. The summed E-state index contributed by atoms with van der Waals surface area (Å²) in [6.45, 7) is 5.73. The molecule has 1 amide bonds. The maximum atomic E-state index is 12.5. The molecule has 1 fully saturated rings. The van der Waals surface area contributed by atoms with Gasteiger partial charge in [-0.1, -0.05) is 18.2 Å². The number of hydrogen-bond donors (Lipinski definition) is 0. The topological polar surface area (TPSA) is 29.5 Å². The average Bonchev–Trinajstić information content (AvgIpc) is 2.38. The highest BCUT2D eigenvalue weighted by atomic mass is 35.5. The van der Waals surface area contributed by atoms with Crippen molar-refractivity contribution in [3.8, 4) is 0 Å². The Labute approximate surface area is 113 Å². The van der Waals surface area contributed by atoms with Crippen LogP contribution < -0.4 is 0 Å². The number of carbonyl (C=O) groups excluding carboxylic acids is 1. The van der Waals surface area contributed by atoms with Crippen molar-refractivity contribution in [2.24, 2.45) is 0 Å². The molecule has 0 bridgehead atoms. The van der Waals surface area contributed by atoms with Crippen LogP contribution in [0.1, 0.15) is 21.5 Å². The number of carbonyl (C=O) groups is 1. The predicted octanol–water partition coefficient (Wildman–Crippen LogP) is 2.38. The second-order valence-electron chi connectivity index (χ2n) is 4.67. The van der Waals surface area contributed by atoms with Crippen LogP contribution in [0.5, 0.6) is 0 Å². The molecule has 1 heterocycles. The van der Waals surface area contributed by atoms with E-state index in [-0.39, 0.29) is 12.0 Å². The lowest BCUT2D eigenvalue weighted by Crippen LogP contribution is -2.46. The molecule has 4 heteroatoms. The fourth-order valence-corrected chi connectivity index (χ4v) is 2.49. The average molecular weight is 268 g/mol. The van der Waals surface area contributed by atoms with Crippen molar-refractivity contribution in [2.45, 2.75) is 20.0 Å². The molecule has 3 nitrogen and oxygen atoms in total. The Morgan fingerprint density at radius 2 is 2.11 bits per heavy atom. The fourth-order valence-electron chi connectivity index (χ4n) is 2.31. The summed E-state index contributed by atoms with van der Waals surface area (Å²) < 4.78 is 5.48. The quantitative estimate of drug-likeness (QED) is 0.770. The number of aryl methyl sites for hydroxylation is 2. The molecule has 0 radical (unpaired) electrons. The van der Waals surface area contributed by atoms with Gasteiger partial charge in [0.15, 0.2) is 0 Å². The molecular weight excluding hydrogens is 250 g/mol. The van der Waals surface area contributed by atoms with Gasteiger partial charge in [-0.05, 0) is 25.0 Å². The molecule has 0 saturated carbocycles. The van der Waals surface area contributed by atoms with Gasteiger partial charge in [-0.3, -0.25) is 4.79 Å². The summed E-state index contributed by atoms with van der Waals surface area (Å²) in [4.78, 5) is 14.4. The monoisotopic (exact) mass is 267 g/mol. The van der Waals surface area contributed by atoms with Gasteiger partial charge >= 0.3 is 0 Å². The van der Waals surface area contributed by atoms with Gasteiger partial charge in [0.25, 0.3) is 5.91 Å². The van der Waals surface area contributed by atoms with E-state index in [4.69, 9.17) is 16.3 Å². The zero-order chi connectivity index (χ0) is 13.1. The highest BCUT2D eigenvalue weighted by Crippen LogP contribution is 2.18. The second kappa shape index (κ2) is 5.72. The Morgan fingerprint density at radius 3 is 2.72 bits per heavy atom. The molecule has 1 unspecified atom stereocenters. The van der Waals surface area contributed by atoms with Crippen LogP contribution >= 0.6 is 11.6 Å². The first kappa shape index (κ1) is 13.4. The van der Waals surface area contributed by atoms with E-state index >= 15 is 0 Å². The van der Waals surface area contributed by atoms with E-state index in [0.29, 0.717) is 25.6 Å². The zero-order valence-corrected chi connectivity index (χ0v) is 11.5. The van der Waals surface area contributed by atoms with E-state index in [9.17, 15) is 4.79 Å². The van der Waals surface area contributed by atoms with Crippen LogP contribution in [-0.4, -0.2) is 42.5 Å². The molecule has 2 rings (SSSR count). The van der Waals surface area contributed by atoms with E-state index in [1.54, 1.807) is 0 Å². The molecule has 1 aliphatic heterocycles. The van der Waals surface area contributed by atoms with Gasteiger partial charge < -0.3 is 9.64 Å². The van der Waals surface area contributed by atoms with Gasteiger partial charge in [-0.2, -0.15) is 0 Å². The van der Waals surface area contributed by atoms with Gasteiger partial charge in [0, 0.05) is 18.7 Å². The number of amides is 1. The van der Waals surface area contributed by atoms with Crippen molar-refractivity contribution in [2.75, 3.05) is 25.6 Å². The minimum Gasteiger partial charge on any atom is -0.373 e. The van der Waals surface area contributed by atoms with Crippen LogP contribution in [0, 0.1) is 13.8 Å². The van der Waals surface area contributed by atoms with Crippen molar-refractivity contribution >= 4 is 17.5 Å². The van der Waals surface area contributed by atoms with Crippen LogP contribution in [-0.2, 0) is 4.74 Å². The SMILES string of the molecule is Cc1cccc(C)c1C(=O)N1CCOC(CCl)C1. The van der Waals surface area contributed by atoms with Gasteiger partial charge in [-0.25, -0.2) is 0 Å². The third-order valence-corrected chi connectivity index (χ3v) is 3.64. The second-order valence-corrected chi connectivity index (χ2v) is 4.97. The van der Waals surface area contributed by atoms with Gasteiger partial charge in [0.1, 0.15) is 0 Å². The number of morpholine rings is 1. The molecule has 0 spiro atoms. The summed E-state index contributed by atoms with van der Waals surface area (Å²) in [5, 5.41) is 0. The number of nitrogens with zero attached hydrogens (tertiary/aromatic N) is 1. The maximum absolute atomic E-state index is 12.5. The number of rotatable bonds is 2. The number of alkyl halides is 1. The number of ether oxygens (including phenoxy) is 1. The van der Waals surface area contributed by atoms with E-state index in [1.165, 1.54) is 0 Å². The van der Waals surface area contributed by atoms with E-state index < -0.39 is 0 Å². The molecule has 98 valence electrons. The summed E-state index contributed by atoms with van der Waals surface area (Å²) >= 11 is 5.80. The van der Waals surface area contributed by atoms with Crippen LogP contribution in [0.25, 0.3) is 0 Å². The Morgan fingerprint density at radius 1 is 1.44 bits per heavy atom.